The number of primary amides is 1. The summed E-state index contributed by atoms with van der Waals surface area (Å²) in [6, 6.07) is 8.90. The summed E-state index contributed by atoms with van der Waals surface area (Å²) in [5.74, 6) is -6.15. The fraction of sp³-hybridized carbons (Fsp3) is 0.310. The Morgan fingerprint density at radius 3 is 2.33 bits per heavy atom. The lowest BCUT2D eigenvalue weighted by Crippen LogP contribution is -2.43. The summed E-state index contributed by atoms with van der Waals surface area (Å²) < 4.78 is 0. The number of phenolic OH excluding ortho intramolecular Hbond substituents is 1. The lowest BCUT2D eigenvalue weighted by Gasteiger charge is -2.41. The minimum Gasteiger partial charge on any atom is -0.511 e. The Hall–Kier alpha value is -4.05. The van der Waals surface area contributed by atoms with Gasteiger partial charge in [0, 0.05) is 36.7 Å². The third-order valence-corrected chi connectivity index (χ3v) is 8.71. The third-order valence-electron chi connectivity index (χ3n) is 7.80. The quantitative estimate of drug-likeness (QED) is 0.330. The molecule has 0 aliphatic heterocycles. The van der Waals surface area contributed by atoms with Crippen LogP contribution < -0.4 is 10.6 Å². The van der Waals surface area contributed by atoms with Crippen molar-refractivity contribution in [1.29, 1.82) is 0 Å². The number of nitrogens with zero attached hydrogens (tertiary/aromatic N) is 1. The number of anilines is 1. The van der Waals surface area contributed by atoms with Crippen molar-refractivity contribution < 1.29 is 34.5 Å². The van der Waals surface area contributed by atoms with E-state index in [1.807, 2.05) is 19.1 Å². The first kappa shape index (κ1) is 26.6. The number of aliphatic hydroxyl groups excluding tert-OH is 2. The zero-order chi connectivity index (χ0) is 28.3. The first-order valence-electron chi connectivity index (χ1n) is 12.5. The molecule has 0 saturated carbocycles. The Morgan fingerprint density at radius 1 is 1.05 bits per heavy atom. The topological polar surface area (TPSA) is 158 Å². The highest BCUT2D eigenvalue weighted by molar-refractivity contribution is 8.14. The van der Waals surface area contributed by atoms with E-state index in [-0.39, 0.29) is 29.5 Å². The first-order valence-corrected chi connectivity index (χ1v) is 13.3. The highest BCUT2D eigenvalue weighted by Gasteiger charge is 2.50. The number of aliphatic hydroxyl groups is 2. The molecular weight excluding hydrogens is 520 g/mol. The van der Waals surface area contributed by atoms with Gasteiger partial charge >= 0.3 is 0 Å². The van der Waals surface area contributed by atoms with E-state index < -0.39 is 63.2 Å². The van der Waals surface area contributed by atoms with E-state index in [2.05, 4.69) is 0 Å². The highest BCUT2D eigenvalue weighted by atomic mass is 32.2. The summed E-state index contributed by atoms with van der Waals surface area (Å²) in [7, 11) is 3.54. The number of amides is 1. The van der Waals surface area contributed by atoms with Crippen molar-refractivity contribution in [2.75, 3.05) is 19.0 Å². The van der Waals surface area contributed by atoms with Gasteiger partial charge in [0.05, 0.1) is 17.0 Å². The van der Waals surface area contributed by atoms with Crippen LogP contribution in [0, 0.1) is 24.7 Å². The number of thioether (sulfide) groups is 1. The molecule has 0 spiro atoms. The number of hydrogen-bond donors (Lipinski definition) is 4. The van der Waals surface area contributed by atoms with Crippen LogP contribution >= 0.6 is 11.8 Å². The van der Waals surface area contributed by atoms with Gasteiger partial charge in [-0.2, -0.15) is 0 Å². The van der Waals surface area contributed by atoms with Crippen molar-refractivity contribution in [1.82, 2.24) is 0 Å². The monoisotopic (exact) mass is 548 g/mol. The zero-order valence-electron chi connectivity index (χ0n) is 21.6. The number of carbonyl (C=O) groups is 4. The highest BCUT2D eigenvalue weighted by Crippen LogP contribution is 2.51. The van der Waals surface area contributed by atoms with Crippen LogP contribution in [0.2, 0.25) is 0 Å². The van der Waals surface area contributed by atoms with Crippen molar-refractivity contribution in [3.63, 3.8) is 0 Å². The molecule has 5 N–H and O–H groups in total. The van der Waals surface area contributed by atoms with E-state index in [9.17, 15) is 34.5 Å². The molecule has 0 heterocycles. The second-order valence-electron chi connectivity index (χ2n) is 10.5. The van der Waals surface area contributed by atoms with Crippen LogP contribution in [0.15, 0.2) is 57.9 Å². The van der Waals surface area contributed by atoms with Crippen LogP contribution in [0.1, 0.15) is 44.7 Å². The SMILES string of the molecule is Cc1ccc(SC(=O)c2cc(N(C)C)c3c(c2O)C(=O)C2=C(O)C4C(=O)C(C(N)=O)=C(O)CC4CC2C3)cc1. The molecule has 2 aromatic rings. The molecule has 0 aromatic heterocycles. The van der Waals surface area contributed by atoms with E-state index in [0.29, 0.717) is 22.6 Å². The fourth-order valence-corrected chi connectivity index (χ4v) is 6.76. The number of hydrogen-bond acceptors (Lipinski definition) is 9. The summed E-state index contributed by atoms with van der Waals surface area (Å²) in [6.07, 6.45) is 0.541. The van der Waals surface area contributed by atoms with Crippen molar-refractivity contribution in [2.45, 2.75) is 31.1 Å². The average Bonchev–Trinajstić information content (AvgIpc) is 2.84. The molecule has 3 unspecified atom stereocenters. The van der Waals surface area contributed by atoms with Gasteiger partial charge in [-0.15, -0.1) is 0 Å². The molecule has 3 aliphatic rings. The lowest BCUT2D eigenvalue weighted by atomic mass is 9.62. The normalized spacial score (nSPS) is 22.3. The molecule has 0 radical (unpaired) electrons. The van der Waals surface area contributed by atoms with Crippen molar-refractivity contribution in [3.05, 3.63) is 75.3 Å². The number of aromatic hydroxyl groups is 1. The summed E-state index contributed by atoms with van der Waals surface area (Å²) in [6.45, 7) is 1.93. The van der Waals surface area contributed by atoms with E-state index in [0.717, 1.165) is 17.3 Å². The van der Waals surface area contributed by atoms with Gasteiger partial charge in [0.25, 0.3) is 5.91 Å². The van der Waals surface area contributed by atoms with Crippen molar-refractivity contribution >= 4 is 40.0 Å². The number of phenols is 1. The van der Waals surface area contributed by atoms with Gasteiger partial charge in [0.2, 0.25) is 5.12 Å². The number of Topliss-reactive ketones (excluding diaryl/α,β-unsaturated/α-hetero) is 2. The Bertz CT molecular complexity index is 1520. The molecule has 0 bridgehead atoms. The molecule has 3 aliphatic carbocycles. The van der Waals surface area contributed by atoms with Crippen LogP contribution in [0.3, 0.4) is 0 Å². The molecule has 39 heavy (non-hydrogen) atoms. The van der Waals surface area contributed by atoms with Crippen LogP contribution in [0.4, 0.5) is 5.69 Å². The smallest absolute Gasteiger partial charge is 0.255 e. The van der Waals surface area contributed by atoms with E-state index in [1.54, 1.807) is 37.2 Å². The molecule has 2 aromatic carbocycles. The lowest BCUT2D eigenvalue weighted by molar-refractivity contribution is -0.126. The molecule has 10 heteroatoms. The number of fused-ring (bicyclic) bond motifs is 3. The number of rotatable bonds is 4. The van der Waals surface area contributed by atoms with Crippen LogP contribution in [0.25, 0.3) is 0 Å². The van der Waals surface area contributed by atoms with Gasteiger partial charge in [0.1, 0.15) is 22.8 Å². The average molecular weight is 549 g/mol. The number of aryl methyl sites for hydroxylation is 1. The Morgan fingerprint density at radius 2 is 1.72 bits per heavy atom. The molecule has 0 saturated heterocycles. The fourth-order valence-electron chi connectivity index (χ4n) is 6.01. The summed E-state index contributed by atoms with van der Waals surface area (Å²) in [5.41, 5.74) is 6.75. The van der Waals surface area contributed by atoms with Gasteiger partial charge in [-0.05, 0) is 67.1 Å². The van der Waals surface area contributed by atoms with E-state index in [4.69, 9.17) is 5.73 Å². The van der Waals surface area contributed by atoms with Crippen molar-refractivity contribution in [2.24, 2.45) is 23.5 Å². The molecule has 5 rings (SSSR count). The Balaban J connectivity index is 1.61. The minimum absolute atomic E-state index is 0.0156. The maximum Gasteiger partial charge on any atom is 0.255 e. The molecular formula is C29H28N2O7S. The molecule has 0 fully saturated rings. The summed E-state index contributed by atoms with van der Waals surface area (Å²) in [5, 5.41) is 32.4. The summed E-state index contributed by atoms with van der Waals surface area (Å²) in [4.78, 5) is 54.5. The Kier molecular flexibility index (Phi) is 6.54. The van der Waals surface area contributed by atoms with Crippen LogP contribution in [-0.2, 0) is 16.0 Å². The summed E-state index contributed by atoms with van der Waals surface area (Å²) >= 11 is 0.926. The number of benzene rings is 2. The number of allylic oxidation sites excluding steroid dienone is 3. The van der Waals surface area contributed by atoms with Gasteiger partial charge in [-0.3, -0.25) is 19.2 Å². The second kappa shape index (κ2) is 9.60. The van der Waals surface area contributed by atoms with Gasteiger partial charge < -0.3 is 26.0 Å². The molecule has 202 valence electrons. The van der Waals surface area contributed by atoms with Gasteiger partial charge in [-0.1, -0.05) is 17.7 Å². The number of nitrogens with two attached hydrogens (primary N) is 1. The number of ketones is 2. The molecule has 1 amide bonds. The Labute approximate surface area is 229 Å². The van der Waals surface area contributed by atoms with E-state index >= 15 is 0 Å². The van der Waals surface area contributed by atoms with Crippen LogP contribution in [0.5, 0.6) is 5.75 Å². The largest absolute Gasteiger partial charge is 0.511 e. The molecule has 3 atom stereocenters. The van der Waals surface area contributed by atoms with Crippen LogP contribution in [-0.4, -0.2) is 52.0 Å². The number of carbonyl (C=O) groups excluding carboxylic acids is 4. The maximum atomic E-state index is 13.9. The van der Waals surface area contributed by atoms with Gasteiger partial charge in [0.15, 0.2) is 11.6 Å². The maximum absolute atomic E-state index is 13.9. The second-order valence-corrected chi connectivity index (χ2v) is 11.5. The first-order chi connectivity index (χ1) is 18.4. The third kappa shape index (κ3) is 4.28. The van der Waals surface area contributed by atoms with E-state index in [1.165, 1.54) is 0 Å². The molecule has 9 nitrogen and oxygen atoms in total. The zero-order valence-corrected chi connectivity index (χ0v) is 22.5. The predicted molar refractivity (Wildman–Crippen MR) is 145 cm³/mol. The van der Waals surface area contributed by atoms with Crippen molar-refractivity contribution in [3.8, 4) is 5.75 Å². The predicted octanol–water partition coefficient (Wildman–Crippen LogP) is 3.77. The standard InChI is InChI=1S/C29H28N2O7S/c1-12-4-6-15(7-5-12)39-29(38)17-11-18(31(2)3)16-9-13-8-14-10-19(32)23(28(30)37)27(36)21(14)25(34)20(13)26(35)22(16)24(17)33/h4-7,11,13-14,21,32-34H,8-10H2,1-3H3,(H2,30,37). The minimum atomic E-state index is -1.20. The van der Waals surface area contributed by atoms with Gasteiger partial charge in [-0.25, -0.2) is 0 Å².